The Morgan fingerprint density at radius 1 is 1.36 bits per heavy atom. The van der Waals surface area contributed by atoms with Crippen LogP contribution in [0.2, 0.25) is 0 Å². The molecule has 11 heavy (non-hydrogen) atoms. The molecule has 1 rings (SSSR count). The lowest BCUT2D eigenvalue weighted by molar-refractivity contribution is 0.465. The first-order valence-electron chi connectivity index (χ1n) is 2.70. The third-order valence-electron chi connectivity index (χ3n) is 1.06. The first-order chi connectivity index (χ1) is 5.09. The van der Waals surface area contributed by atoms with Crippen LogP contribution >= 0.6 is 0 Å². The molecule has 1 atom stereocenters. The molecule has 0 aliphatic carbocycles. The number of benzene rings is 1. The molecule has 0 bridgehead atoms. The summed E-state index contributed by atoms with van der Waals surface area (Å²) in [7, 11) is 0. The van der Waals surface area contributed by atoms with Gasteiger partial charge in [-0.05, 0) is 12.1 Å². The number of phenolic OH excluding ortho intramolecular Hbond substituents is 1. The Morgan fingerprint density at radius 3 is 2.45 bits per heavy atom. The van der Waals surface area contributed by atoms with Crippen LogP contribution in [-0.2, 0) is 11.1 Å². The number of phenols is 1. The third-order valence-corrected chi connectivity index (χ3v) is 1.70. The molecule has 1 aromatic carbocycles. The molecular formula is C6H5FO3S. The van der Waals surface area contributed by atoms with E-state index >= 15 is 0 Å². The van der Waals surface area contributed by atoms with Crippen molar-refractivity contribution in [1.82, 2.24) is 0 Å². The lowest BCUT2D eigenvalue weighted by Crippen LogP contribution is -1.88. The Kier molecular flexibility index (Phi) is 2.21. The highest BCUT2D eigenvalue weighted by Crippen LogP contribution is 2.16. The number of halogens is 1. The molecule has 0 saturated carbocycles. The van der Waals surface area contributed by atoms with Crippen LogP contribution in [0.15, 0.2) is 23.1 Å². The lowest BCUT2D eigenvalue weighted by Gasteiger charge is -1.95. The smallest absolute Gasteiger partial charge is 0.186 e. The van der Waals surface area contributed by atoms with Gasteiger partial charge < -0.3 is 9.66 Å². The Hall–Kier alpha value is -0.940. The van der Waals surface area contributed by atoms with Crippen LogP contribution in [0.5, 0.6) is 5.75 Å². The minimum Gasteiger partial charge on any atom is -0.508 e. The second-order valence-electron chi connectivity index (χ2n) is 1.89. The molecule has 0 fully saturated rings. The number of rotatable bonds is 1. The second-order valence-corrected chi connectivity index (χ2v) is 2.86. The monoisotopic (exact) mass is 176 g/mol. The van der Waals surface area contributed by atoms with E-state index in [2.05, 4.69) is 0 Å². The average Bonchev–Trinajstić information content (AvgIpc) is 1.85. The van der Waals surface area contributed by atoms with Crippen molar-refractivity contribution in [1.29, 1.82) is 0 Å². The van der Waals surface area contributed by atoms with Gasteiger partial charge in [0, 0.05) is 6.07 Å². The molecule has 0 radical (unpaired) electrons. The summed E-state index contributed by atoms with van der Waals surface area (Å²) in [6, 6.07) is 2.77. The van der Waals surface area contributed by atoms with Gasteiger partial charge in [0.2, 0.25) is 0 Å². The fraction of sp³-hybridized carbons (Fsp3) is 0. The zero-order valence-electron chi connectivity index (χ0n) is 5.32. The van der Waals surface area contributed by atoms with Crippen molar-refractivity contribution in [3.63, 3.8) is 0 Å². The van der Waals surface area contributed by atoms with E-state index in [-0.39, 0.29) is 10.6 Å². The van der Waals surface area contributed by atoms with Crippen molar-refractivity contribution in [3.8, 4) is 5.75 Å². The number of hydrogen-bond acceptors (Lipinski definition) is 2. The van der Waals surface area contributed by atoms with Crippen LogP contribution < -0.4 is 0 Å². The zero-order chi connectivity index (χ0) is 8.43. The first-order valence-corrected chi connectivity index (χ1v) is 3.80. The van der Waals surface area contributed by atoms with Crippen LogP contribution in [0.4, 0.5) is 4.39 Å². The van der Waals surface area contributed by atoms with Crippen molar-refractivity contribution in [3.05, 3.63) is 24.0 Å². The lowest BCUT2D eigenvalue weighted by atomic mass is 10.3. The van der Waals surface area contributed by atoms with Crippen molar-refractivity contribution in [2.75, 3.05) is 0 Å². The number of aromatic hydroxyl groups is 1. The zero-order valence-corrected chi connectivity index (χ0v) is 6.14. The largest absolute Gasteiger partial charge is 0.508 e. The summed E-state index contributed by atoms with van der Waals surface area (Å²) < 4.78 is 31.2. The van der Waals surface area contributed by atoms with Crippen LogP contribution in [0.25, 0.3) is 0 Å². The van der Waals surface area contributed by atoms with Gasteiger partial charge >= 0.3 is 0 Å². The summed E-state index contributed by atoms with van der Waals surface area (Å²) in [5.41, 5.74) is 0. The maximum absolute atomic E-state index is 12.4. The predicted molar refractivity (Wildman–Crippen MR) is 37.1 cm³/mol. The molecule has 1 aromatic rings. The van der Waals surface area contributed by atoms with E-state index in [1.54, 1.807) is 0 Å². The molecule has 5 heteroatoms. The van der Waals surface area contributed by atoms with Crippen LogP contribution in [0.1, 0.15) is 0 Å². The maximum atomic E-state index is 12.4. The van der Waals surface area contributed by atoms with E-state index < -0.39 is 16.9 Å². The van der Waals surface area contributed by atoms with Crippen molar-refractivity contribution >= 4 is 11.1 Å². The van der Waals surface area contributed by atoms with Crippen LogP contribution in [-0.4, -0.2) is 13.9 Å². The van der Waals surface area contributed by atoms with Gasteiger partial charge in [0.05, 0.1) is 4.90 Å². The fourth-order valence-electron chi connectivity index (χ4n) is 0.649. The van der Waals surface area contributed by atoms with Gasteiger partial charge in [-0.3, -0.25) is 0 Å². The Bertz CT molecular complexity index is 280. The van der Waals surface area contributed by atoms with E-state index in [1.165, 1.54) is 0 Å². The molecule has 0 aromatic heterocycles. The molecule has 1 unspecified atom stereocenters. The predicted octanol–water partition coefficient (Wildman–Crippen LogP) is 1.11. The van der Waals surface area contributed by atoms with Gasteiger partial charge in [0.25, 0.3) is 0 Å². The Balaban J connectivity index is 3.19. The second kappa shape index (κ2) is 2.98. The van der Waals surface area contributed by atoms with Crippen LogP contribution in [0.3, 0.4) is 0 Å². The summed E-state index contributed by atoms with van der Waals surface area (Å²) in [5, 5.41) is 8.76. The molecule has 0 saturated heterocycles. The van der Waals surface area contributed by atoms with Gasteiger partial charge in [-0.1, -0.05) is 0 Å². The highest BCUT2D eigenvalue weighted by molar-refractivity contribution is 7.79. The van der Waals surface area contributed by atoms with Crippen molar-refractivity contribution in [2.24, 2.45) is 0 Å². The van der Waals surface area contributed by atoms with Crippen molar-refractivity contribution in [2.45, 2.75) is 4.90 Å². The highest BCUT2D eigenvalue weighted by Gasteiger charge is 2.03. The molecule has 0 amide bonds. The topological polar surface area (TPSA) is 57.5 Å². The SMILES string of the molecule is O=S(O)c1cc(O)cc(F)c1. The van der Waals surface area contributed by atoms with E-state index in [1.807, 2.05) is 0 Å². The van der Waals surface area contributed by atoms with Crippen molar-refractivity contribution < 1.29 is 18.3 Å². The summed E-state index contributed by atoms with van der Waals surface area (Å²) in [6.45, 7) is 0. The van der Waals surface area contributed by atoms with Gasteiger partial charge in [0.1, 0.15) is 11.6 Å². The molecular weight excluding hydrogens is 171 g/mol. The van der Waals surface area contributed by atoms with Crippen LogP contribution in [0, 0.1) is 5.82 Å². The quantitative estimate of drug-likeness (QED) is 0.630. The van der Waals surface area contributed by atoms with E-state index in [0.717, 1.165) is 18.2 Å². The minimum atomic E-state index is -2.25. The maximum Gasteiger partial charge on any atom is 0.186 e. The van der Waals surface area contributed by atoms with Gasteiger partial charge in [-0.25, -0.2) is 8.60 Å². The minimum absolute atomic E-state index is 0.150. The van der Waals surface area contributed by atoms with Gasteiger partial charge in [-0.2, -0.15) is 0 Å². The van der Waals surface area contributed by atoms with Gasteiger partial charge in [0.15, 0.2) is 11.1 Å². The molecule has 0 spiro atoms. The molecule has 0 heterocycles. The van der Waals surface area contributed by atoms with Gasteiger partial charge in [-0.15, -0.1) is 0 Å². The molecule has 3 nitrogen and oxygen atoms in total. The number of hydrogen-bond donors (Lipinski definition) is 2. The molecule has 60 valence electrons. The van der Waals surface area contributed by atoms with E-state index in [0.29, 0.717) is 0 Å². The average molecular weight is 176 g/mol. The molecule has 0 aliphatic rings. The fourth-order valence-corrected chi connectivity index (χ4v) is 1.08. The normalized spacial score (nSPS) is 12.9. The third kappa shape index (κ3) is 1.99. The summed E-state index contributed by atoms with van der Waals surface area (Å²) in [5.74, 6) is -1.09. The molecule has 0 aliphatic heterocycles. The standard InChI is InChI=1S/C6H5FO3S/c7-4-1-5(8)3-6(2-4)11(9)10/h1-3,8H,(H,9,10). The first kappa shape index (κ1) is 8.16. The van der Waals surface area contributed by atoms with E-state index in [4.69, 9.17) is 9.66 Å². The Morgan fingerprint density at radius 2 is 2.00 bits per heavy atom. The Labute approximate surface area is 64.8 Å². The summed E-state index contributed by atoms with van der Waals surface area (Å²) in [4.78, 5) is -0.150. The molecule has 2 N–H and O–H groups in total. The highest BCUT2D eigenvalue weighted by atomic mass is 32.2. The van der Waals surface area contributed by atoms with E-state index in [9.17, 15) is 8.60 Å². The summed E-state index contributed by atoms with van der Waals surface area (Å²) in [6.07, 6.45) is 0. The summed E-state index contributed by atoms with van der Waals surface area (Å²) >= 11 is -2.25.